The van der Waals surface area contributed by atoms with Crippen LogP contribution in [0.4, 0.5) is 5.82 Å². The number of hydrogen-bond acceptors (Lipinski definition) is 6. The predicted molar refractivity (Wildman–Crippen MR) is 76.5 cm³/mol. The van der Waals surface area contributed by atoms with Gasteiger partial charge in [0.15, 0.2) is 11.4 Å². The molecule has 4 rings (SSSR count). The van der Waals surface area contributed by atoms with Crippen LogP contribution >= 0.6 is 0 Å². The van der Waals surface area contributed by atoms with Crippen LogP contribution in [-0.4, -0.2) is 16.7 Å². The largest absolute Gasteiger partial charge is 0.492 e. The second-order valence-corrected chi connectivity index (χ2v) is 4.85. The summed E-state index contributed by atoms with van der Waals surface area (Å²) in [5.41, 5.74) is 7.40. The topological polar surface area (TPSA) is 83.4 Å². The van der Waals surface area contributed by atoms with Gasteiger partial charge in [0.1, 0.15) is 16.9 Å². The van der Waals surface area contributed by atoms with E-state index in [2.05, 4.69) is 10.1 Å². The van der Waals surface area contributed by atoms with Gasteiger partial charge >= 0.3 is 0 Å². The van der Waals surface area contributed by atoms with Crippen molar-refractivity contribution in [3.8, 4) is 17.4 Å². The lowest BCUT2D eigenvalue weighted by Gasteiger charge is -2.20. The molecule has 1 aromatic carbocycles. The normalized spacial score (nSPS) is 13.7. The number of hydrogen-bond donors (Lipinski definition) is 1. The summed E-state index contributed by atoms with van der Waals surface area (Å²) in [5.74, 6) is 2.25. The third-order valence-electron chi connectivity index (χ3n) is 3.48. The molecular formula is C15H13N3O3. The van der Waals surface area contributed by atoms with Crippen molar-refractivity contribution < 1.29 is 14.0 Å². The molecule has 6 heteroatoms. The molecule has 2 aromatic heterocycles. The van der Waals surface area contributed by atoms with Crippen molar-refractivity contribution in [2.75, 3.05) is 12.3 Å². The van der Waals surface area contributed by atoms with Crippen LogP contribution < -0.4 is 15.2 Å². The molecule has 2 N–H and O–H groups in total. The number of benzene rings is 1. The maximum Gasteiger partial charge on any atom is 0.219 e. The van der Waals surface area contributed by atoms with Crippen LogP contribution in [0, 0.1) is 0 Å². The molecule has 21 heavy (non-hydrogen) atoms. The minimum atomic E-state index is 0.340. The van der Waals surface area contributed by atoms with Crippen LogP contribution in [0.25, 0.3) is 11.0 Å². The first-order chi connectivity index (χ1) is 10.3. The van der Waals surface area contributed by atoms with Crippen molar-refractivity contribution in [2.45, 2.75) is 12.8 Å². The molecule has 0 radical (unpaired) electrons. The molecule has 6 nitrogen and oxygen atoms in total. The highest BCUT2D eigenvalue weighted by atomic mass is 16.5. The zero-order valence-electron chi connectivity index (χ0n) is 11.2. The summed E-state index contributed by atoms with van der Waals surface area (Å²) in [5, 5.41) is 4.52. The highest BCUT2D eigenvalue weighted by Gasteiger charge is 2.24. The monoisotopic (exact) mass is 283 g/mol. The number of nitrogen functional groups attached to an aromatic ring is 1. The average molecular weight is 283 g/mol. The van der Waals surface area contributed by atoms with Crippen LogP contribution in [-0.2, 0) is 6.42 Å². The number of ether oxygens (including phenoxy) is 2. The molecule has 0 bridgehead atoms. The summed E-state index contributed by atoms with van der Waals surface area (Å²) in [6.45, 7) is 0.653. The van der Waals surface area contributed by atoms with Crippen LogP contribution in [0.15, 0.2) is 35.0 Å². The molecular weight excluding hydrogens is 270 g/mol. The van der Waals surface area contributed by atoms with Crippen LogP contribution in [0.5, 0.6) is 17.4 Å². The van der Waals surface area contributed by atoms with Gasteiger partial charge in [0.2, 0.25) is 5.88 Å². The van der Waals surface area contributed by atoms with E-state index in [1.165, 1.54) is 0 Å². The van der Waals surface area contributed by atoms with E-state index in [-0.39, 0.29) is 0 Å². The standard InChI is InChI=1S/C15H13N3O3/c16-15-13-11(21-18-15)8-10(9-4-3-7-19-14(9)13)20-12-5-1-2-6-17-12/h1-2,5-6,8H,3-4,7H2,(H2,16,18). The van der Waals surface area contributed by atoms with E-state index in [1.807, 2.05) is 12.1 Å². The average Bonchev–Trinajstić information content (AvgIpc) is 2.90. The van der Waals surface area contributed by atoms with Gasteiger partial charge < -0.3 is 19.7 Å². The fourth-order valence-electron chi connectivity index (χ4n) is 2.54. The first-order valence-electron chi connectivity index (χ1n) is 6.75. The lowest BCUT2D eigenvalue weighted by atomic mass is 10.0. The molecule has 0 amide bonds. The van der Waals surface area contributed by atoms with Crippen LogP contribution in [0.3, 0.4) is 0 Å². The summed E-state index contributed by atoms with van der Waals surface area (Å²) < 4.78 is 16.9. The lowest BCUT2D eigenvalue weighted by Crippen LogP contribution is -2.10. The van der Waals surface area contributed by atoms with Crippen molar-refractivity contribution >= 4 is 16.8 Å². The van der Waals surface area contributed by atoms with Crippen molar-refractivity contribution in [2.24, 2.45) is 0 Å². The Morgan fingerprint density at radius 1 is 1.29 bits per heavy atom. The zero-order valence-corrected chi connectivity index (χ0v) is 11.2. The number of pyridine rings is 1. The van der Waals surface area contributed by atoms with Crippen molar-refractivity contribution in [1.29, 1.82) is 0 Å². The summed E-state index contributed by atoms with van der Waals surface area (Å²) in [7, 11) is 0. The first kappa shape index (κ1) is 12.0. The van der Waals surface area contributed by atoms with E-state index in [4.69, 9.17) is 19.7 Å². The molecule has 1 aliphatic heterocycles. The third-order valence-corrected chi connectivity index (χ3v) is 3.48. The predicted octanol–water partition coefficient (Wildman–Crippen LogP) is 2.92. The van der Waals surface area contributed by atoms with Gasteiger partial charge in [-0.15, -0.1) is 0 Å². The maximum absolute atomic E-state index is 5.87. The van der Waals surface area contributed by atoms with Gasteiger partial charge in [-0.05, 0) is 18.9 Å². The van der Waals surface area contributed by atoms with E-state index in [0.29, 0.717) is 35.4 Å². The van der Waals surface area contributed by atoms with E-state index >= 15 is 0 Å². The van der Waals surface area contributed by atoms with E-state index in [0.717, 1.165) is 23.8 Å². The molecule has 0 saturated heterocycles. The second kappa shape index (κ2) is 4.66. The van der Waals surface area contributed by atoms with Gasteiger partial charge in [0.05, 0.1) is 6.61 Å². The van der Waals surface area contributed by atoms with Gasteiger partial charge in [-0.2, -0.15) is 0 Å². The number of rotatable bonds is 2. The number of aromatic nitrogens is 2. The summed E-state index contributed by atoms with van der Waals surface area (Å²) in [6, 6.07) is 7.30. The Morgan fingerprint density at radius 3 is 3.10 bits per heavy atom. The van der Waals surface area contributed by atoms with Gasteiger partial charge in [0.25, 0.3) is 0 Å². The van der Waals surface area contributed by atoms with Crippen molar-refractivity contribution in [1.82, 2.24) is 10.1 Å². The van der Waals surface area contributed by atoms with Crippen LogP contribution in [0.1, 0.15) is 12.0 Å². The number of fused-ring (bicyclic) bond motifs is 3. The molecule has 0 aliphatic carbocycles. The lowest BCUT2D eigenvalue weighted by molar-refractivity contribution is 0.288. The molecule has 0 atom stereocenters. The Kier molecular flexibility index (Phi) is 2.67. The van der Waals surface area contributed by atoms with Crippen molar-refractivity contribution in [3.05, 3.63) is 36.0 Å². The van der Waals surface area contributed by atoms with Gasteiger partial charge in [-0.1, -0.05) is 11.2 Å². The summed E-state index contributed by atoms with van der Waals surface area (Å²) in [4.78, 5) is 4.17. The molecule has 106 valence electrons. The quantitative estimate of drug-likeness (QED) is 0.778. The minimum Gasteiger partial charge on any atom is -0.492 e. The fourth-order valence-corrected chi connectivity index (χ4v) is 2.54. The van der Waals surface area contributed by atoms with E-state index < -0.39 is 0 Å². The third kappa shape index (κ3) is 1.96. The molecule has 0 saturated carbocycles. The molecule has 0 fully saturated rings. The van der Waals surface area contributed by atoms with E-state index in [9.17, 15) is 0 Å². The fraction of sp³-hybridized carbons (Fsp3) is 0.200. The van der Waals surface area contributed by atoms with Gasteiger partial charge in [0, 0.05) is 23.9 Å². The van der Waals surface area contributed by atoms with Gasteiger partial charge in [-0.25, -0.2) is 4.98 Å². The van der Waals surface area contributed by atoms with Crippen LogP contribution in [0.2, 0.25) is 0 Å². The molecule has 3 heterocycles. The van der Waals surface area contributed by atoms with Gasteiger partial charge in [-0.3, -0.25) is 0 Å². The first-order valence-corrected chi connectivity index (χ1v) is 6.75. The Hall–Kier alpha value is -2.76. The SMILES string of the molecule is Nc1noc2cc(Oc3ccccn3)c3c(c12)OCCC3. The summed E-state index contributed by atoms with van der Waals surface area (Å²) >= 11 is 0. The molecule has 0 unspecified atom stereocenters. The molecule has 3 aromatic rings. The van der Waals surface area contributed by atoms with E-state index in [1.54, 1.807) is 18.3 Å². The minimum absolute atomic E-state index is 0.340. The number of nitrogens with zero attached hydrogens (tertiary/aromatic N) is 2. The Morgan fingerprint density at radius 2 is 2.24 bits per heavy atom. The highest BCUT2D eigenvalue weighted by Crippen LogP contribution is 2.43. The number of anilines is 1. The smallest absolute Gasteiger partial charge is 0.219 e. The Bertz CT molecular complexity index is 799. The summed E-state index contributed by atoms with van der Waals surface area (Å²) in [6.07, 6.45) is 3.48. The highest BCUT2D eigenvalue weighted by molar-refractivity contribution is 5.95. The molecule has 0 spiro atoms. The Labute approximate surface area is 120 Å². The second-order valence-electron chi connectivity index (χ2n) is 4.85. The molecule has 1 aliphatic rings. The maximum atomic E-state index is 5.87. The number of nitrogens with two attached hydrogens (primary N) is 1. The Balaban J connectivity index is 1.89. The zero-order chi connectivity index (χ0) is 14.2. The van der Waals surface area contributed by atoms with Crippen molar-refractivity contribution in [3.63, 3.8) is 0 Å².